The van der Waals surface area contributed by atoms with E-state index in [1.54, 1.807) is 18.2 Å². The normalized spacial score (nSPS) is 12.2. The smallest absolute Gasteiger partial charge is 0.168 e. The lowest BCUT2D eigenvalue weighted by Gasteiger charge is -2.18. The van der Waals surface area contributed by atoms with Crippen LogP contribution in [-0.4, -0.2) is 14.2 Å². The maximum absolute atomic E-state index is 14.2. The Balaban J connectivity index is 2.24. The molecule has 2 nitrogen and oxygen atoms in total. The lowest BCUT2D eigenvalue weighted by molar-refractivity contribution is 0.383. The molecule has 0 radical (unpaired) electrons. The third kappa shape index (κ3) is 3.30. The molecule has 0 aliphatic carbocycles. The summed E-state index contributed by atoms with van der Waals surface area (Å²) in [6.07, 6.45) is 0.543. The highest BCUT2D eigenvalue weighted by atomic mass is 35.5. The lowest BCUT2D eigenvalue weighted by atomic mass is 9.98. The van der Waals surface area contributed by atoms with Crippen molar-refractivity contribution in [1.82, 2.24) is 5.32 Å². The Morgan fingerprint density at radius 1 is 1.20 bits per heavy atom. The van der Waals surface area contributed by atoms with Crippen molar-refractivity contribution in [2.24, 2.45) is 0 Å². The number of benzene rings is 2. The maximum Gasteiger partial charge on any atom is 0.168 e. The topological polar surface area (TPSA) is 21.3 Å². The highest BCUT2D eigenvalue weighted by Crippen LogP contribution is 2.25. The maximum atomic E-state index is 14.2. The highest BCUT2D eigenvalue weighted by Gasteiger charge is 2.15. The fourth-order valence-electron chi connectivity index (χ4n) is 2.17. The first-order chi connectivity index (χ1) is 9.65. The second-order valence-corrected chi connectivity index (χ2v) is 4.97. The second-order valence-electron chi connectivity index (χ2n) is 4.53. The van der Waals surface area contributed by atoms with Crippen LogP contribution in [0.15, 0.2) is 42.5 Å². The lowest BCUT2D eigenvalue weighted by Crippen LogP contribution is -2.19. The molecule has 106 valence electrons. The van der Waals surface area contributed by atoms with Crippen LogP contribution in [0.5, 0.6) is 5.75 Å². The molecular weight excluding hydrogens is 277 g/mol. The average molecular weight is 294 g/mol. The predicted molar refractivity (Wildman–Crippen MR) is 79.9 cm³/mol. The minimum absolute atomic E-state index is 0.0221. The third-order valence-electron chi connectivity index (χ3n) is 3.31. The van der Waals surface area contributed by atoms with Crippen LogP contribution in [0.2, 0.25) is 5.02 Å². The summed E-state index contributed by atoms with van der Waals surface area (Å²) in [5.74, 6) is -0.0299. The zero-order valence-electron chi connectivity index (χ0n) is 11.5. The summed E-state index contributed by atoms with van der Waals surface area (Å²) < 4.78 is 19.2. The summed E-state index contributed by atoms with van der Waals surface area (Å²) in [5.41, 5.74) is 1.69. The molecule has 2 aromatic rings. The Morgan fingerprint density at radius 3 is 2.50 bits per heavy atom. The van der Waals surface area contributed by atoms with Gasteiger partial charge in [0.1, 0.15) is 0 Å². The number of nitrogens with one attached hydrogen (secondary N) is 1. The molecule has 0 fully saturated rings. The summed E-state index contributed by atoms with van der Waals surface area (Å²) in [7, 11) is 3.33. The number of rotatable bonds is 5. The predicted octanol–water partition coefficient (Wildman–Crippen LogP) is 3.99. The van der Waals surface area contributed by atoms with Crippen molar-refractivity contribution in [2.45, 2.75) is 12.5 Å². The van der Waals surface area contributed by atoms with Gasteiger partial charge in [0.05, 0.1) is 7.11 Å². The van der Waals surface area contributed by atoms with E-state index in [1.165, 1.54) is 7.11 Å². The van der Waals surface area contributed by atoms with Gasteiger partial charge in [-0.3, -0.25) is 0 Å². The van der Waals surface area contributed by atoms with Crippen LogP contribution >= 0.6 is 11.6 Å². The first-order valence-electron chi connectivity index (χ1n) is 6.39. The van der Waals surface area contributed by atoms with Gasteiger partial charge in [0.2, 0.25) is 0 Å². The van der Waals surface area contributed by atoms with E-state index in [4.69, 9.17) is 16.3 Å². The Kier molecular flexibility index (Phi) is 4.99. The van der Waals surface area contributed by atoms with Crippen molar-refractivity contribution in [1.29, 1.82) is 0 Å². The largest absolute Gasteiger partial charge is 0.494 e. The molecule has 1 unspecified atom stereocenters. The number of hydrogen-bond donors (Lipinski definition) is 1. The van der Waals surface area contributed by atoms with E-state index in [-0.39, 0.29) is 17.6 Å². The first-order valence-corrected chi connectivity index (χ1v) is 6.77. The molecule has 0 heterocycles. The van der Waals surface area contributed by atoms with Crippen LogP contribution in [-0.2, 0) is 6.42 Å². The van der Waals surface area contributed by atoms with E-state index < -0.39 is 0 Å². The fourth-order valence-corrected chi connectivity index (χ4v) is 2.30. The summed E-state index contributed by atoms with van der Waals surface area (Å²) >= 11 is 5.89. The Hall–Kier alpha value is -1.58. The van der Waals surface area contributed by atoms with Crippen LogP contribution in [0.4, 0.5) is 4.39 Å². The molecule has 20 heavy (non-hydrogen) atoms. The number of likely N-dealkylation sites (N-methyl/N-ethyl adjacent to an activating group) is 1. The van der Waals surface area contributed by atoms with Crippen molar-refractivity contribution < 1.29 is 9.13 Å². The molecule has 4 heteroatoms. The molecule has 2 aromatic carbocycles. The van der Waals surface area contributed by atoms with Crippen LogP contribution in [0.1, 0.15) is 17.2 Å². The summed E-state index contributed by atoms with van der Waals surface area (Å²) in [6.45, 7) is 0. The number of methoxy groups -OCH3 is 1. The number of halogens is 2. The van der Waals surface area contributed by atoms with Gasteiger partial charge in [-0.15, -0.1) is 0 Å². The highest BCUT2D eigenvalue weighted by molar-refractivity contribution is 6.30. The van der Waals surface area contributed by atoms with Gasteiger partial charge in [-0.25, -0.2) is 4.39 Å². The van der Waals surface area contributed by atoms with Crippen molar-refractivity contribution in [2.75, 3.05) is 14.2 Å². The Labute approximate surface area is 123 Å². The zero-order chi connectivity index (χ0) is 14.5. The van der Waals surface area contributed by atoms with Gasteiger partial charge in [-0.05, 0) is 42.8 Å². The van der Waals surface area contributed by atoms with Crippen LogP contribution in [0.25, 0.3) is 0 Å². The molecule has 0 amide bonds. The molecule has 1 atom stereocenters. The third-order valence-corrected chi connectivity index (χ3v) is 3.56. The molecule has 0 aliphatic heterocycles. The van der Waals surface area contributed by atoms with E-state index in [0.29, 0.717) is 17.0 Å². The average Bonchev–Trinajstić information content (AvgIpc) is 2.47. The number of ether oxygens (including phenoxy) is 1. The van der Waals surface area contributed by atoms with Crippen molar-refractivity contribution in [3.8, 4) is 5.75 Å². The van der Waals surface area contributed by atoms with E-state index in [1.807, 2.05) is 31.3 Å². The van der Waals surface area contributed by atoms with E-state index in [2.05, 4.69) is 5.32 Å². The second kappa shape index (κ2) is 6.73. The molecule has 0 aromatic heterocycles. The fraction of sp³-hybridized carbons (Fsp3) is 0.250. The van der Waals surface area contributed by atoms with E-state index in [0.717, 1.165) is 5.56 Å². The van der Waals surface area contributed by atoms with Gasteiger partial charge in [0.25, 0.3) is 0 Å². The molecule has 0 bridgehead atoms. The summed E-state index contributed by atoms with van der Waals surface area (Å²) in [5, 5.41) is 3.89. The van der Waals surface area contributed by atoms with Gasteiger partial charge in [0.15, 0.2) is 11.6 Å². The van der Waals surface area contributed by atoms with Gasteiger partial charge >= 0.3 is 0 Å². The van der Waals surface area contributed by atoms with Crippen LogP contribution in [0, 0.1) is 5.82 Å². The van der Waals surface area contributed by atoms with E-state index >= 15 is 0 Å². The Bertz CT molecular complexity index is 571. The molecular formula is C16H17ClFNO. The Morgan fingerprint density at radius 2 is 1.90 bits per heavy atom. The zero-order valence-corrected chi connectivity index (χ0v) is 12.2. The standard InChI is InChI=1S/C16H17ClFNO/c1-19-14(11-6-8-13(17)9-7-11)10-12-4-3-5-15(20-2)16(12)18/h3-9,14,19H,10H2,1-2H3. The van der Waals surface area contributed by atoms with Gasteiger partial charge in [-0.1, -0.05) is 35.9 Å². The minimum atomic E-state index is -0.302. The van der Waals surface area contributed by atoms with Gasteiger partial charge in [-0.2, -0.15) is 0 Å². The van der Waals surface area contributed by atoms with Gasteiger partial charge in [0, 0.05) is 11.1 Å². The quantitative estimate of drug-likeness (QED) is 0.900. The first kappa shape index (κ1) is 14.8. The molecule has 2 rings (SSSR count). The van der Waals surface area contributed by atoms with Crippen LogP contribution in [0.3, 0.4) is 0 Å². The van der Waals surface area contributed by atoms with Crippen molar-refractivity contribution >= 4 is 11.6 Å². The number of hydrogen-bond acceptors (Lipinski definition) is 2. The van der Waals surface area contributed by atoms with Crippen molar-refractivity contribution in [3.63, 3.8) is 0 Å². The van der Waals surface area contributed by atoms with Gasteiger partial charge < -0.3 is 10.1 Å². The van der Waals surface area contributed by atoms with E-state index in [9.17, 15) is 4.39 Å². The summed E-state index contributed by atoms with van der Waals surface area (Å²) in [4.78, 5) is 0. The molecule has 1 N–H and O–H groups in total. The van der Waals surface area contributed by atoms with Crippen LogP contribution < -0.4 is 10.1 Å². The summed E-state index contributed by atoms with van der Waals surface area (Å²) in [6, 6.07) is 12.8. The molecule has 0 aliphatic rings. The molecule has 0 spiro atoms. The molecule has 0 saturated carbocycles. The SMILES string of the molecule is CNC(Cc1cccc(OC)c1F)c1ccc(Cl)cc1. The molecule has 0 saturated heterocycles. The monoisotopic (exact) mass is 293 g/mol. The minimum Gasteiger partial charge on any atom is -0.494 e. The van der Waals surface area contributed by atoms with Crippen molar-refractivity contribution in [3.05, 3.63) is 64.4 Å².